The lowest BCUT2D eigenvalue weighted by Crippen LogP contribution is -2.15. The predicted molar refractivity (Wildman–Crippen MR) is 83.0 cm³/mol. The molecule has 0 saturated heterocycles. The van der Waals surface area contributed by atoms with Crippen molar-refractivity contribution in [3.63, 3.8) is 0 Å². The molecule has 1 heterocycles. The quantitative estimate of drug-likeness (QED) is 0.788. The Balaban J connectivity index is 1.60. The van der Waals surface area contributed by atoms with Crippen molar-refractivity contribution in [3.05, 3.63) is 53.6 Å². The lowest BCUT2D eigenvalue weighted by atomic mass is 10.1. The normalized spacial score (nSPS) is 16.6. The molecule has 0 radical (unpaired) electrons. The summed E-state index contributed by atoms with van der Waals surface area (Å²) in [6, 6.07) is 14.7. The van der Waals surface area contributed by atoms with Gasteiger partial charge in [-0.25, -0.2) is 0 Å². The van der Waals surface area contributed by atoms with E-state index in [4.69, 9.17) is 9.47 Å². The first-order valence-corrected chi connectivity index (χ1v) is 7.76. The van der Waals surface area contributed by atoms with Gasteiger partial charge in [0.25, 0.3) is 0 Å². The van der Waals surface area contributed by atoms with Crippen molar-refractivity contribution >= 4 is 11.8 Å². The summed E-state index contributed by atoms with van der Waals surface area (Å²) in [6.07, 6.45) is 1.22. The smallest absolute Gasteiger partial charge is 0.123 e. The van der Waals surface area contributed by atoms with Crippen LogP contribution in [0.1, 0.15) is 11.1 Å². The molecule has 2 nitrogen and oxygen atoms in total. The minimum Gasteiger partial charge on any atom is -0.497 e. The Hall–Kier alpha value is -1.61. The van der Waals surface area contributed by atoms with Crippen LogP contribution >= 0.6 is 11.8 Å². The van der Waals surface area contributed by atoms with E-state index in [1.807, 2.05) is 23.9 Å². The van der Waals surface area contributed by atoms with Crippen molar-refractivity contribution in [2.45, 2.75) is 24.3 Å². The number of benzene rings is 2. The fourth-order valence-electron chi connectivity index (χ4n) is 2.34. The van der Waals surface area contributed by atoms with Crippen molar-refractivity contribution in [1.29, 1.82) is 0 Å². The van der Waals surface area contributed by atoms with Crippen molar-refractivity contribution in [2.24, 2.45) is 0 Å². The van der Waals surface area contributed by atoms with Gasteiger partial charge in [-0.15, -0.1) is 11.8 Å². The highest BCUT2D eigenvalue weighted by atomic mass is 32.2. The molecule has 1 aliphatic heterocycles. The van der Waals surface area contributed by atoms with Gasteiger partial charge in [0, 0.05) is 22.6 Å². The zero-order valence-corrected chi connectivity index (χ0v) is 12.6. The van der Waals surface area contributed by atoms with Gasteiger partial charge >= 0.3 is 0 Å². The van der Waals surface area contributed by atoms with Gasteiger partial charge in [-0.1, -0.05) is 17.7 Å². The molecule has 3 heteroatoms. The summed E-state index contributed by atoms with van der Waals surface area (Å²) in [4.78, 5) is 1.30. The molecule has 0 N–H and O–H groups in total. The number of hydrogen-bond donors (Lipinski definition) is 0. The molecule has 0 aromatic heterocycles. The second kappa shape index (κ2) is 5.80. The van der Waals surface area contributed by atoms with Crippen LogP contribution in [0.4, 0.5) is 0 Å². The molecule has 0 saturated carbocycles. The van der Waals surface area contributed by atoms with E-state index in [1.165, 1.54) is 16.0 Å². The van der Waals surface area contributed by atoms with E-state index in [1.54, 1.807) is 7.11 Å². The largest absolute Gasteiger partial charge is 0.497 e. The first-order valence-electron chi connectivity index (χ1n) is 6.77. The first kappa shape index (κ1) is 13.4. The molecule has 1 atom stereocenters. The Morgan fingerprint density at radius 2 is 2.00 bits per heavy atom. The number of ether oxygens (including phenoxy) is 2. The Morgan fingerprint density at radius 3 is 2.75 bits per heavy atom. The highest BCUT2D eigenvalue weighted by Crippen LogP contribution is 2.34. The molecule has 1 unspecified atom stereocenters. The van der Waals surface area contributed by atoms with Crippen LogP contribution in [0.2, 0.25) is 0 Å². The zero-order chi connectivity index (χ0) is 13.9. The minimum atomic E-state index is 0.253. The van der Waals surface area contributed by atoms with Crippen molar-refractivity contribution in [2.75, 3.05) is 12.9 Å². The fraction of sp³-hybridized carbons (Fsp3) is 0.294. The third-order valence-electron chi connectivity index (χ3n) is 3.47. The number of methoxy groups -OCH3 is 1. The number of aryl methyl sites for hydroxylation is 1. The van der Waals surface area contributed by atoms with Crippen molar-refractivity contribution in [3.8, 4) is 11.5 Å². The van der Waals surface area contributed by atoms with Gasteiger partial charge in [0.2, 0.25) is 0 Å². The Kier molecular flexibility index (Phi) is 3.88. The van der Waals surface area contributed by atoms with Gasteiger partial charge in [0.15, 0.2) is 0 Å². The summed E-state index contributed by atoms with van der Waals surface area (Å²) in [7, 11) is 1.70. The predicted octanol–water partition coefficient (Wildman–Crippen LogP) is 4.10. The van der Waals surface area contributed by atoms with Crippen LogP contribution < -0.4 is 9.47 Å². The molecule has 2 aromatic carbocycles. The van der Waals surface area contributed by atoms with Gasteiger partial charge in [0.1, 0.15) is 17.6 Å². The molecule has 0 bridgehead atoms. The van der Waals surface area contributed by atoms with E-state index in [9.17, 15) is 0 Å². The molecule has 2 aromatic rings. The third-order valence-corrected chi connectivity index (χ3v) is 4.61. The monoisotopic (exact) mass is 286 g/mol. The average molecular weight is 286 g/mol. The topological polar surface area (TPSA) is 18.5 Å². The second-order valence-electron chi connectivity index (χ2n) is 5.04. The highest BCUT2D eigenvalue weighted by molar-refractivity contribution is 7.99. The van der Waals surface area contributed by atoms with Gasteiger partial charge < -0.3 is 9.47 Å². The Morgan fingerprint density at radius 1 is 1.20 bits per heavy atom. The number of fused-ring (bicyclic) bond motifs is 1. The van der Waals surface area contributed by atoms with E-state index >= 15 is 0 Å². The highest BCUT2D eigenvalue weighted by Gasteiger charge is 2.23. The van der Waals surface area contributed by atoms with E-state index in [-0.39, 0.29) is 6.10 Å². The number of thioether (sulfide) groups is 1. The Bertz CT molecular complexity index is 592. The second-order valence-corrected chi connectivity index (χ2v) is 6.14. The van der Waals surface area contributed by atoms with Crippen molar-refractivity contribution < 1.29 is 9.47 Å². The van der Waals surface area contributed by atoms with E-state index in [2.05, 4.69) is 37.3 Å². The zero-order valence-electron chi connectivity index (χ0n) is 11.8. The fourth-order valence-corrected chi connectivity index (χ4v) is 3.23. The average Bonchev–Trinajstić information content (AvgIpc) is 2.88. The standard InChI is InChI=1S/C17H18O2S/c1-12-3-6-16(7-4-12)20-11-15-10-13-9-14(18-2)5-8-17(13)19-15/h3-9,15H,10-11H2,1-2H3. The molecule has 0 amide bonds. The maximum Gasteiger partial charge on any atom is 0.123 e. The molecule has 3 rings (SSSR count). The van der Waals surface area contributed by atoms with Crippen LogP contribution in [0, 0.1) is 6.92 Å². The minimum absolute atomic E-state index is 0.253. The van der Waals surface area contributed by atoms with Crippen LogP contribution in [0.25, 0.3) is 0 Å². The summed E-state index contributed by atoms with van der Waals surface area (Å²) in [5.74, 6) is 2.87. The molecule has 0 spiro atoms. The van der Waals surface area contributed by atoms with Crippen LogP contribution in [-0.2, 0) is 6.42 Å². The summed E-state index contributed by atoms with van der Waals surface area (Å²) in [6.45, 7) is 2.11. The molecule has 1 aliphatic rings. The van der Waals surface area contributed by atoms with Gasteiger partial charge in [-0.05, 0) is 37.3 Å². The summed E-state index contributed by atoms with van der Waals surface area (Å²) >= 11 is 1.85. The molecular weight excluding hydrogens is 268 g/mol. The van der Waals surface area contributed by atoms with E-state index < -0.39 is 0 Å². The van der Waals surface area contributed by atoms with Gasteiger partial charge in [0.05, 0.1) is 7.11 Å². The molecular formula is C17H18O2S. The lowest BCUT2D eigenvalue weighted by molar-refractivity contribution is 0.259. The SMILES string of the molecule is COc1ccc2c(c1)CC(CSc1ccc(C)cc1)O2. The molecule has 0 aliphatic carbocycles. The van der Waals surface area contributed by atoms with E-state index in [0.717, 1.165) is 23.7 Å². The number of rotatable bonds is 4. The summed E-state index contributed by atoms with van der Waals surface area (Å²) < 4.78 is 11.2. The van der Waals surface area contributed by atoms with Crippen LogP contribution in [0.15, 0.2) is 47.4 Å². The first-order chi connectivity index (χ1) is 9.74. The van der Waals surface area contributed by atoms with Gasteiger partial charge in [-0.2, -0.15) is 0 Å². The summed E-state index contributed by atoms with van der Waals surface area (Å²) in [5.41, 5.74) is 2.55. The third kappa shape index (κ3) is 2.93. The van der Waals surface area contributed by atoms with Crippen LogP contribution in [0.5, 0.6) is 11.5 Å². The maximum atomic E-state index is 5.98. The van der Waals surface area contributed by atoms with Crippen LogP contribution in [0.3, 0.4) is 0 Å². The Labute approximate surface area is 124 Å². The van der Waals surface area contributed by atoms with Gasteiger partial charge in [-0.3, -0.25) is 0 Å². The molecule has 20 heavy (non-hydrogen) atoms. The summed E-state index contributed by atoms with van der Waals surface area (Å²) in [5, 5.41) is 0. The van der Waals surface area contributed by atoms with Crippen LogP contribution in [-0.4, -0.2) is 19.0 Å². The lowest BCUT2D eigenvalue weighted by Gasteiger charge is -2.10. The van der Waals surface area contributed by atoms with E-state index in [0.29, 0.717) is 0 Å². The maximum absolute atomic E-state index is 5.98. The molecule has 104 valence electrons. The molecule has 0 fully saturated rings. The van der Waals surface area contributed by atoms with Crippen molar-refractivity contribution in [1.82, 2.24) is 0 Å². The number of hydrogen-bond acceptors (Lipinski definition) is 3.